The normalized spacial score (nSPS) is 16.1. The summed E-state index contributed by atoms with van der Waals surface area (Å²) in [4.78, 5) is 11.9. The lowest BCUT2D eigenvalue weighted by Crippen LogP contribution is -2.43. The molecule has 2 atom stereocenters. The quantitative estimate of drug-likeness (QED) is 0.837. The van der Waals surface area contributed by atoms with E-state index in [1.54, 1.807) is 0 Å². The highest BCUT2D eigenvalue weighted by atomic mass is 16.5. The number of hydrogen-bond donors (Lipinski definition) is 2. The van der Waals surface area contributed by atoms with Gasteiger partial charge in [0.1, 0.15) is 5.75 Å². The van der Waals surface area contributed by atoms with Gasteiger partial charge in [0.2, 0.25) is 5.91 Å². The van der Waals surface area contributed by atoms with Gasteiger partial charge in [-0.25, -0.2) is 0 Å². The summed E-state index contributed by atoms with van der Waals surface area (Å²) in [5, 5.41) is 6.25. The standard InChI is InChI=1S/C16H24N2O2/c1-4-8-17-16(19)12(3)18-11(2)13-5-6-15-14(10-13)7-9-20-15/h5-6,10-12,18H,4,7-9H2,1-3H3,(H,17,19). The molecule has 0 spiro atoms. The minimum Gasteiger partial charge on any atom is -0.493 e. The number of carbonyl (C=O) groups excluding carboxylic acids is 1. The molecule has 2 rings (SSSR count). The van der Waals surface area contributed by atoms with Gasteiger partial charge < -0.3 is 10.1 Å². The second-order valence-corrected chi connectivity index (χ2v) is 5.37. The zero-order chi connectivity index (χ0) is 14.5. The van der Waals surface area contributed by atoms with E-state index in [-0.39, 0.29) is 18.0 Å². The SMILES string of the molecule is CCCNC(=O)C(C)NC(C)c1ccc2c(c1)CCO2. The first-order valence-corrected chi connectivity index (χ1v) is 7.41. The summed E-state index contributed by atoms with van der Waals surface area (Å²) in [6.45, 7) is 7.54. The molecule has 0 fully saturated rings. The topological polar surface area (TPSA) is 50.4 Å². The monoisotopic (exact) mass is 276 g/mol. The Hall–Kier alpha value is -1.55. The van der Waals surface area contributed by atoms with Gasteiger partial charge in [0.25, 0.3) is 0 Å². The lowest BCUT2D eigenvalue weighted by atomic mass is 10.0. The average molecular weight is 276 g/mol. The highest BCUT2D eigenvalue weighted by molar-refractivity contribution is 5.81. The van der Waals surface area contributed by atoms with Crippen molar-refractivity contribution < 1.29 is 9.53 Å². The predicted octanol–water partition coefficient (Wildman–Crippen LogP) is 2.19. The van der Waals surface area contributed by atoms with Crippen molar-refractivity contribution in [3.05, 3.63) is 29.3 Å². The van der Waals surface area contributed by atoms with Crippen molar-refractivity contribution in [2.75, 3.05) is 13.2 Å². The summed E-state index contributed by atoms with van der Waals surface area (Å²) in [6, 6.07) is 6.22. The maximum Gasteiger partial charge on any atom is 0.236 e. The summed E-state index contributed by atoms with van der Waals surface area (Å²) in [5.74, 6) is 1.05. The van der Waals surface area contributed by atoms with Gasteiger partial charge >= 0.3 is 0 Å². The van der Waals surface area contributed by atoms with Crippen LogP contribution in [-0.2, 0) is 11.2 Å². The van der Waals surface area contributed by atoms with Crippen LogP contribution in [0.1, 0.15) is 44.4 Å². The maximum absolute atomic E-state index is 11.9. The molecule has 4 nitrogen and oxygen atoms in total. The first kappa shape index (κ1) is 14.9. The molecular weight excluding hydrogens is 252 g/mol. The first-order valence-electron chi connectivity index (χ1n) is 7.41. The van der Waals surface area contributed by atoms with Crippen molar-refractivity contribution in [1.82, 2.24) is 10.6 Å². The molecule has 4 heteroatoms. The number of fused-ring (bicyclic) bond motifs is 1. The van der Waals surface area contributed by atoms with Crippen LogP contribution in [0.5, 0.6) is 5.75 Å². The Morgan fingerprint density at radius 2 is 2.20 bits per heavy atom. The molecule has 2 N–H and O–H groups in total. The van der Waals surface area contributed by atoms with E-state index in [4.69, 9.17) is 4.74 Å². The fourth-order valence-electron chi connectivity index (χ4n) is 2.42. The molecule has 0 bridgehead atoms. The minimum atomic E-state index is -0.193. The molecule has 0 aliphatic carbocycles. The lowest BCUT2D eigenvalue weighted by Gasteiger charge is -2.20. The van der Waals surface area contributed by atoms with E-state index in [1.807, 2.05) is 19.9 Å². The highest BCUT2D eigenvalue weighted by Crippen LogP contribution is 2.28. The second kappa shape index (κ2) is 6.75. The van der Waals surface area contributed by atoms with Crippen LogP contribution in [0.4, 0.5) is 0 Å². The van der Waals surface area contributed by atoms with Crippen LogP contribution >= 0.6 is 0 Å². The third-order valence-electron chi connectivity index (χ3n) is 3.66. The molecule has 0 saturated carbocycles. The molecule has 1 amide bonds. The zero-order valence-corrected chi connectivity index (χ0v) is 12.5. The summed E-state index contributed by atoms with van der Waals surface area (Å²) in [7, 11) is 0. The summed E-state index contributed by atoms with van der Waals surface area (Å²) < 4.78 is 5.51. The lowest BCUT2D eigenvalue weighted by molar-refractivity contribution is -0.122. The van der Waals surface area contributed by atoms with Crippen LogP contribution in [0, 0.1) is 0 Å². The Labute approximate surface area is 120 Å². The number of ether oxygens (including phenoxy) is 1. The first-order chi connectivity index (χ1) is 9.61. The summed E-state index contributed by atoms with van der Waals surface area (Å²) >= 11 is 0. The molecule has 0 saturated heterocycles. The molecule has 1 aromatic rings. The van der Waals surface area contributed by atoms with E-state index in [0.717, 1.165) is 31.7 Å². The van der Waals surface area contributed by atoms with Crippen molar-refractivity contribution in [2.24, 2.45) is 0 Å². The molecule has 1 heterocycles. The Kier molecular flexibility index (Phi) is 5.01. The molecule has 20 heavy (non-hydrogen) atoms. The Bertz CT molecular complexity index is 474. The fraction of sp³-hybridized carbons (Fsp3) is 0.562. The predicted molar refractivity (Wildman–Crippen MR) is 80.0 cm³/mol. The van der Waals surface area contributed by atoms with Crippen molar-refractivity contribution in [3.8, 4) is 5.75 Å². The highest BCUT2D eigenvalue weighted by Gasteiger charge is 2.18. The van der Waals surface area contributed by atoms with Crippen LogP contribution in [0.15, 0.2) is 18.2 Å². The van der Waals surface area contributed by atoms with Gasteiger partial charge in [-0.05, 0) is 37.5 Å². The van der Waals surface area contributed by atoms with Crippen molar-refractivity contribution in [2.45, 2.75) is 45.7 Å². The summed E-state index contributed by atoms with van der Waals surface area (Å²) in [6.07, 6.45) is 1.93. The van der Waals surface area contributed by atoms with E-state index in [2.05, 4.69) is 29.7 Å². The molecule has 1 aliphatic heterocycles. The number of nitrogens with one attached hydrogen (secondary N) is 2. The van der Waals surface area contributed by atoms with Gasteiger partial charge in [0.05, 0.1) is 12.6 Å². The number of rotatable bonds is 6. The van der Waals surface area contributed by atoms with Crippen LogP contribution in [-0.4, -0.2) is 25.1 Å². The van der Waals surface area contributed by atoms with Crippen molar-refractivity contribution >= 4 is 5.91 Å². The molecule has 1 aromatic carbocycles. The van der Waals surface area contributed by atoms with E-state index in [0.29, 0.717) is 0 Å². The number of carbonyl (C=O) groups is 1. The Morgan fingerprint density at radius 1 is 1.40 bits per heavy atom. The third-order valence-corrected chi connectivity index (χ3v) is 3.66. The zero-order valence-electron chi connectivity index (χ0n) is 12.5. The van der Waals surface area contributed by atoms with Gasteiger partial charge in [-0.15, -0.1) is 0 Å². The van der Waals surface area contributed by atoms with E-state index < -0.39 is 0 Å². The van der Waals surface area contributed by atoms with Gasteiger partial charge in [0.15, 0.2) is 0 Å². The number of hydrogen-bond acceptors (Lipinski definition) is 3. The van der Waals surface area contributed by atoms with Crippen LogP contribution in [0.2, 0.25) is 0 Å². The average Bonchev–Trinajstić information content (AvgIpc) is 2.91. The van der Waals surface area contributed by atoms with E-state index in [1.165, 1.54) is 11.1 Å². The second-order valence-electron chi connectivity index (χ2n) is 5.37. The molecule has 0 radical (unpaired) electrons. The molecule has 2 unspecified atom stereocenters. The molecule has 0 aromatic heterocycles. The third kappa shape index (κ3) is 3.51. The van der Waals surface area contributed by atoms with Crippen molar-refractivity contribution in [3.63, 3.8) is 0 Å². The smallest absolute Gasteiger partial charge is 0.236 e. The van der Waals surface area contributed by atoms with Crippen molar-refractivity contribution in [1.29, 1.82) is 0 Å². The summed E-state index contributed by atoms with van der Waals surface area (Å²) in [5.41, 5.74) is 2.46. The molecule has 110 valence electrons. The van der Waals surface area contributed by atoms with Crippen LogP contribution < -0.4 is 15.4 Å². The largest absolute Gasteiger partial charge is 0.493 e. The number of benzene rings is 1. The Balaban J connectivity index is 1.94. The molecular formula is C16H24N2O2. The maximum atomic E-state index is 11.9. The van der Waals surface area contributed by atoms with Crippen LogP contribution in [0.25, 0.3) is 0 Å². The Morgan fingerprint density at radius 3 is 2.95 bits per heavy atom. The van der Waals surface area contributed by atoms with Crippen LogP contribution in [0.3, 0.4) is 0 Å². The number of amides is 1. The van der Waals surface area contributed by atoms with E-state index >= 15 is 0 Å². The fourth-order valence-corrected chi connectivity index (χ4v) is 2.42. The van der Waals surface area contributed by atoms with Gasteiger partial charge in [-0.2, -0.15) is 0 Å². The minimum absolute atomic E-state index is 0.0585. The van der Waals surface area contributed by atoms with Gasteiger partial charge in [0, 0.05) is 19.0 Å². The van der Waals surface area contributed by atoms with E-state index in [9.17, 15) is 4.79 Å². The van der Waals surface area contributed by atoms with Gasteiger partial charge in [-0.3, -0.25) is 10.1 Å². The molecule has 1 aliphatic rings. The van der Waals surface area contributed by atoms with Gasteiger partial charge in [-0.1, -0.05) is 19.1 Å².